The Hall–Kier alpha value is -3.75. The number of nitrogens with zero attached hydrogens (tertiary/aromatic N) is 2. The second-order valence-electron chi connectivity index (χ2n) is 9.69. The zero-order valence-electron chi connectivity index (χ0n) is 20.4. The van der Waals surface area contributed by atoms with E-state index in [-0.39, 0.29) is 53.5 Å². The van der Waals surface area contributed by atoms with Crippen molar-refractivity contribution in [3.8, 4) is 0 Å². The van der Waals surface area contributed by atoms with E-state index in [4.69, 9.17) is 0 Å². The molecule has 0 bridgehead atoms. The number of carbonyl (C=O) groups is 3. The largest absolute Gasteiger partial charge is 0.351 e. The van der Waals surface area contributed by atoms with Crippen LogP contribution in [0.2, 0.25) is 0 Å². The van der Waals surface area contributed by atoms with Crippen LogP contribution in [0, 0.1) is 23.0 Å². The number of nitro benzene ring substituents is 1. The van der Waals surface area contributed by atoms with Crippen LogP contribution in [-0.2, 0) is 4.79 Å². The first-order valence-electron chi connectivity index (χ1n) is 12.5. The van der Waals surface area contributed by atoms with Gasteiger partial charge in [-0.25, -0.2) is 0 Å². The maximum atomic E-state index is 13.2. The van der Waals surface area contributed by atoms with Crippen molar-refractivity contribution in [2.24, 2.45) is 5.92 Å². The van der Waals surface area contributed by atoms with Crippen molar-refractivity contribution >= 4 is 23.4 Å². The number of carbonyl (C=O) groups excluding carboxylic acids is 3. The molecule has 2 N–H and O–H groups in total. The minimum absolute atomic E-state index is 0.0898. The smallest absolute Gasteiger partial charge is 0.273 e. The van der Waals surface area contributed by atoms with E-state index in [1.807, 2.05) is 18.2 Å². The molecule has 1 heterocycles. The first kappa shape index (κ1) is 25.3. The average Bonchev–Trinajstić information content (AvgIpc) is 2.90. The lowest BCUT2D eigenvalue weighted by molar-refractivity contribution is -0.385. The lowest BCUT2D eigenvalue weighted by Crippen LogP contribution is -2.55. The number of nitro groups is 1. The summed E-state index contributed by atoms with van der Waals surface area (Å²) in [6.07, 6.45) is 4.89. The molecule has 9 heteroatoms. The Bertz CT molecular complexity index is 1140. The summed E-state index contributed by atoms with van der Waals surface area (Å²) in [6.45, 7) is 2.40. The summed E-state index contributed by atoms with van der Waals surface area (Å²) in [5.41, 5.74) is 1.25. The zero-order valence-corrected chi connectivity index (χ0v) is 20.4. The van der Waals surface area contributed by atoms with Gasteiger partial charge in [0.05, 0.1) is 10.8 Å². The van der Waals surface area contributed by atoms with Gasteiger partial charge in [-0.05, 0) is 50.8 Å². The van der Waals surface area contributed by atoms with Gasteiger partial charge in [0.2, 0.25) is 5.91 Å². The molecule has 190 valence electrons. The van der Waals surface area contributed by atoms with Crippen molar-refractivity contribution in [3.63, 3.8) is 0 Å². The van der Waals surface area contributed by atoms with Crippen molar-refractivity contribution in [2.45, 2.75) is 57.5 Å². The highest BCUT2D eigenvalue weighted by Gasteiger charge is 2.33. The van der Waals surface area contributed by atoms with Crippen LogP contribution >= 0.6 is 0 Å². The highest BCUT2D eigenvalue weighted by Crippen LogP contribution is 2.25. The Morgan fingerprint density at radius 2 is 1.61 bits per heavy atom. The van der Waals surface area contributed by atoms with Gasteiger partial charge in [0, 0.05) is 47.9 Å². The number of hydrogen-bond donors (Lipinski definition) is 2. The van der Waals surface area contributed by atoms with Gasteiger partial charge in [0.1, 0.15) is 0 Å². The van der Waals surface area contributed by atoms with Gasteiger partial charge in [-0.1, -0.05) is 37.1 Å². The summed E-state index contributed by atoms with van der Waals surface area (Å²) in [6, 6.07) is 13.2. The number of benzene rings is 2. The van der Waals surface area contributed by atoms with Crippen LogP contribution in [0.4, 0.5) is 5.69 Å². The van der Waals surface area contributed by atoms with Crippen LogP contribution < -0.4 is 10.6 Å². The third-order valence-electron chi connectivity index (χ3n) is 7.18. The molecule has 0 aromatic heterocycles. The number of likely N-dealkylation sites (tertiary alicyclic amines) is 1. The van der Waals surface area contributed by atoms with Gasteiger partial charge >= 0.3 is 0 Å². The molecule has 0 radical (unpaired) electrons. The predicted molar refractivity (Wildman–Crippen MR) is 135 cm³/mol. The molecule has 2 aromatic rings. The number of piperidine rings is 1. The van der Waals surface area contributed by atoms with E-state index < -0.39 is 4.92 Å². The lowest BCUT2D eigenvalue weighted by Gasteiger charge is -2.36. The van der Waals surface area contributed by atoms with Crippen molar-refractivity contribution in [3.05, 3.63) is 75.3 Å². The summed E-state index contributed by atoms with van der Waals surface area (Å²) in [5.74, 6) is -0.937. The molecule has 36 heavy (non-hydrogen) atoms. The molecule has 1 aliphatic heterocycles. The minimum Gasteiger partial charge on any atom is -0.351 e. The third-order valence-corrected chi connectivity index (χ3v) is 7.18. The van der Waals surface area contributed by atoms with Crippen LogP contribution in [0.25, 0.3) is 0 Å². The molecule has 0 spiro atoms. The molecule has 9 nitrogen and oxygen atoms in total. The second-order valence-corrected chi connectivity index (χ2v) is 9.69. The molecule has 3 atom stereocenters. The Morgan fingerprint density at radius 3 is 2.31 bits per heavy atom. The van der Waals surface area contributed by atoms with Gasteiger partial charge in [0.15, 0.2) is 0 Å². The molecular formula is C27H32N4O5. The normalized spacial score (nSPS) is 21.9. The second kappa shape index (κ2) is 11.3. The molecular weight excluding hydrogens is 460 g/mol. The Kier molecular flexibility index (Phi) is 7.97. The number of hydrogen-bond acceptors (Lipinski definition) is 5. The van der Waals surface area contributed by atoms with Crippen LogP contribution in [0.15, 0.2) is 48.5 Å². The van der Waals surface area contributed by atoms with E-state index in [0.29, 0.717) is 30.5 Å². The maximum absolute atomic E-state index is 13.2. The van der Waals surface area contributed by atoms with Crippen molar-refractivity contribution in [2.75, 3.05) is 13.1 Å². The maximum Gasteiger partial charge on any atom is 0.273 e. The fourth-order valence-corrected chi connectivity index (χ4v) is 5.12. The summed E-state index contributed by atoms with van der Waals surface area (Å²) in [7, 11) is 0. The molecule has 3 amide bonds. The lowest BCUT2D eigenvalue weighted by atomic mass is 9.88. The van der Waals surface area contributed by atoms with E-state index in [2.05, 4.69) is 10.6 Å². The molecule has 1 saturated carbocycles. The van der Waals surface area contributed by atoms with Crippen LogP contribution in [0.1, 0.15) is 64.8 Å². The van der Waals surface area contributed by atoms with E-state index >= 15 is 0 Å². The predicted octanol–water partition coefficient (Wildman–Crippen LogP) is 3.61. The van der Waals surface area contributed by atoms with E-state index in [1.54, 1.807) is 36.1 Å². The molecule has 2 aromatic carbocycles. The fourth-order valence-electron chi connectivity index (χ4n) is 5.12. The molecule has 1 saturated heterocycles. The summed E-state index contributed by atoms with van der Waals surface area (Å²) >= 11 is 0. The third kappa shape index (κ3) is 5.90. The van der Waals surface area contributed by atoms with E-state index in [0.717, 1.165) is 25.7 Å². The van der Waals surface area contributed by atoms with Gasteiger partial charge < -0.3 is 15.5 Å². The fraction of sp³-hybridized carbons (Fsp3) is 0.444. The van der Waals surface area contributed by atoms with Gasteiger partial charge in [-0.2, -0.15) is 0 Å². The highest BCUT2D eigenvalue weighted by molar-refractivity contribution is 5.96. The average molecular weight is 493 g/mol. The van der Waals surface area contributed by atoms with Gasteiger partial charge in [0.25, 0.3) is 17.5 Å². The van der Waals surface area contributed by atoms with E-state index in [1.165, 1.54) is 6.07 Å². The minimum atomic E-state index is -0.490. The molecule has 2 aliphatic rings. The topological polar surface area (TPSA) is 122 Å². The highest BCUT2D eigenvalue weighted by atomic mass is 16.6. The standard InChI is InChI=1S/C27H32N4O5/c1-18-13-14-20(16-24(18)31(35)36)27(34)30-15-7-10-21(17-30)26(33)29-23-12-6-5-11-22(23)28-25(32)19-8-3-2-4-9-19/h2-4,8-9,13-14,16,21-23H,5-7,10-12,15,17H2,1H3,(H,28,32)(H,29,33)/t21-,22-,23-/m1/s1. The van der Waals surface area contributed by atoms with E-state index in [9.17, 15) is 24.5 Å². The Labute approximate surface area is 210 Å². The molecule has 1 aliphatic carbocycles. The quantitative estimate of drug-likeness (QED) is 0.471. The summed E-state index contributed by atoms with van der Waals surface area (Å²) in [5, 5.41) is 17.5. The molecule has 4 rings (SSSR count). The number of rotatable bonds is 6. The molecule has 0 unspecified atom stereocenters. The van der Waals surface area contributed by atoms with Gasteiger partial charge in [-0.15, -0.1) is 0 Å². The Morgan fingerprint density at radius 1 is 0.917 bits per heavy atom. The summed E-state index contributed by atoms with van der Waals surface area (Å²) in [4.78, 5) is 51.4. The first-order chi connectivity index (χ1) is 17.3. The van der Waals surface area contributed by atoms with Crippen LogP contribution in [-0.4, -0.2) is 52.7 Å². The van der Waals surface area contributed by atoms with Crippen molar-refractivity contribution in [1.29, 1.82) is 0 Å². The zero-order chi connectivity index (χ0) is 25.7. The number of amides is 3. The van der Waals surface area contributed by atoms with Gasteiger partial charge in [-0.3, -0.25) is 24.5 Å². The SMILES string of the molecule is Cc1ccc(C(=O)N2CCC[C@@H](C(=O)N[C@@H]3CCCC[C@H]3NC(=O)c3ccccc3)C2)cc1[N+](=O)[O-]. The van der Waals surface area contributed by atoms with Crippen molar-refractivity contribution in [1.82, 2.24) is 15.5 Å². The summed E-state index contributed by atoms with van der Waals surface area (Å²) < 4.78 is 0. The monoisotopic (exact) mass is 492 g/mol. The van der Waals surface area contributed by atoms with Crippen molar-refractivity contribution < 1.29 is 19.3 Å². The number of nitrogens with one attached hydrogen (secondary N) is 2. The number of aryl methyl sites for hydroxylation is 1. The Balaban J connectivity index is 1.38. The first-order valence-corrected chi connectivity index (χ1v) is 12.5. The van der Waals surface area contributed by atoms with Crippen LogP contribution in [0.3, 0.4) is 0 Å². The van der Waals surface area contributed by atoms with Crippen LogP contribution in [0.5, 0.6) is 0 Å². The molecule has 2 fully saturated rings.